The van der Waals surface area contributed by atoms with Gasteiger partial charge in [-0.05, 0) is 11.6 Å². The Kier molecular flexibility index (Phi) is 2.80. The smallest absolute Gasteiger partial charge is 0.150 e. The molecule has 0 radical (unpaired) electrons. The zero-order valence-corrected chi connectivity index (χ0v) is 7.98. The Labute approximate surface area is 86.4 Å². The highest BCUT2D eigenvalue weighted by Crippen LogP contribution is 2.35. The first kappa shape index (κ1) is 10.3. The second-order valence-electron chi connectivity index (χ2n) is 3.65. The summed E-state index contributed by atoms with van der Waals surface area (Å²) in [6.07, 6.45) is -2.91. The van der Waals surface area contributed by atoms with Crippen LogP contribution >= 0.6 is 0 Å². The van der Waals surface area contributed by atoms with Gasteiger partial charge in [0.1, 0.15) is 12.3 Å². The summed E-state index contributed by atoms with van der Waals surface area (Å²) in [5, 5.41) is 0. The summed E-state index contributed by atoms with van der Waals surface area (Å²) in [5.41, 5.74) is 0.504. The Bertz CT molecular complexity index is 347. The van der Waals surface area contributed by atoms with Crippen molar-refractivity contribution in [3.8, 4) is 0 Å². The summed E-state index contributed by atoms with van der Waals surface area (Å²) >= 11 is 0. The third-order valence-corrected chi connectivity index (χ3v) is 2.65. The summed E-state index contributed by atoms with van der Waals surface area (Å²) < 4.78 is 40.0. The molecular weight excluding hydrogens is 201 g/mol. The minimum Gasteiger partial charge on any atom is -0.243 e. The van der Waals surface area contributed by atoms with E-state index in [-0.39, 0.29) is 0 Å². The first-order valence-corrected chi connectivity index (χ1v) is 4.85. The molecule has 0 bridgehead atoms. The van der Waals surface area contributed by atoms with Crippen molar-refractivity contribution in [2.45, 2.75) is 24.4 Å². The summed E-state index contributed by atoms with van der Waals surface area (Å²) in [5.74, 6) is -1.02. The predicted molar refractivity (Wildman–Crippen MR) is 53.0 cm³/mol. The van der Waals surface area contributed by atoms with Gasteiger partial charge in [0.05, 0.1) is 5.92 Å². The van der Waals surface area contributed by atoms with Crippen molar-refractivity contribution in [2.75, 3.05) is 0 Å². The SMILES string of the molecule is F[C@@H]1C=C[C@H](F)C(c2ccccc2)[C@@H]1F. The Balaban J connectivity index is 2.32. The fraction of sp³-hybridized carbons (Fsp3) is 0.333. The molecule has 1 unspecified atom stereocenters. The van der Waals surface area contributed by atoms with E-state index in [1.165, 1.54) is 0 Å². The van der Waals surface area contributed by atoms with Gasteiger partial charge in [-0.2, -0.15) is 0 Å². The normalized spacial score (nSPS) is 35.4. The number of halogens is 3. The van der Waals surface area contributed by atoms with Crippen LogP contribution in [0.5, 0.6) is 0 Å². The summed E-state index contributed by atoms with van der Waals surface area (Å²) in [6, 6.07) is 8.39. The van der Waals surface area contributed by atoms with Gasteiger partial charge in [-0.3, -0.25) is 0 Å². The van der Waals surface area contributed by atoms with E-state index in [4.69, 9.17) is 0 Å². The van der Waals surface area contributed by atoms with Gasteiger partial charge in [-0.15, -0.1) is 0 Å². The fourth-order valence-corrected chi connectivity index (χ4v) is 1.85. The molecule has 0 fully saturated rings. The molecule has 0 nitrogen and oxygen atoms in total. The molecule has 4 atom stereocenters. The molecule has 0 saturated heterocycles. The molecule has 0 aliphatic heterocycles. The van der Waals surface area contributed by atoms with Crippen LogP contribution in [0, 0.1) is 0 Å². The van der Waals surface area contributed by atoms with Gasteiger partial charge in [0, 0.05) is 0 Å². The summed E-state index contributed by atoms with van der Waals surface area (Å²) in [4.78, 5) is 0. The van der Waals surface area contributed by atoms with Gasteiger partial charge in [0.15, 0.2) is 6.17 Å². The lowest BCUT2D eigenvalue weighted by atomic mass is 9.84. The predicted octanol–water partition coefficient (Wildman–Crippen LogP) is 3.35. The molecule has 0 N–H and O–H groups in total. The van der Waals surface area contributed by atoms with Gasteiger partial charge < -0.3 is 0 Å². The van der Waals surface area contributed by atoms with Crippen LogP contribution in [0.3, 0.4) is 0 Å². The van der Waals surface area contributed by atoms with Crippen LogP contribution in [-0.2, 0) is 0 Å². The maximum atomic E-state index is 13.5. The third kappa shape index (κ3) is 1.91. The molecule has 1 aliphatic rings. The van der Waals surface area contributed by atoms with Gasteiger partial charge in [-0.25, -0.2) is 13.2 Å². The Hall–Kier alpha value is -1.25. The lowest BCUT2D eigenvalue weighted by Gasteiger charge is -2.28. The Morgan fingerprint density at radius 3 is 2.07 bits per heavy atom. The van der Waals surface area contributed by atoms with Crippen molar-refractivity contribution in [1.82, 2.24) is 0 Å². The van der Waals surface area contributed by atoms with E-state index in [1.54, 1.807) is 30.3 Å². The van der Waals surface area contributed by atoms with Crippen molar-refractivity contribution >= 4 is 0 Å². The van der Waals surface area contributed by atoms with E-state index in [0.717, 1.165) is 12.2 Å². The van der Waals surface area contributed by atoms with Gasteiger partial charge in [-0.1, -0.05) is 36.4 Å². The zero-order chi connectivity index (χ0) is 10.8. The molecule has 1 aromatic carbocycles. The van der Waals surface area contributed by atoms with Crippen molar-refractivity contribution in [1.29, 1.82) is 0 Å². The molecule has 2 rings (SSSR count). The number of alkyl halides is 3. The van der Waals surface area contributed by atoms with Gasteiger partial charge in [0.2, 0.25) is 0 Å². The first-order chi connectivity index (χ1) is 7.20. The van der Waals surface area contributed by atoms with Crippen LogP contribution in [0.1, 0.15) is 11.5 Å². The molecule has 0 spiro atoms. The molecule has 0 aromatic heterocycles. The average molecular weight is 212 g/mol. The van der Waals surface area contributed by atoms with E-state index in [0.29, 0.717) is 5.56 Å². The summed E-state index contributed by atoms with van der Waals surface area (Å²) in [7, 11) is 0. The lowest BCUT2D eigenvalue weighted by Crippen LogP contribution is -2.33. The fourth-order valence-electron chi connectivity index (χ4n) is 1.85. The monoisotopic (exact) mass is 212 g/mol. The molecular formula is C12H11F3. The molecule has 15 heavy (non-hydrogen) atoms. The van der Waals surface area contributed by atoms with Crippen LogP contribution in [0.2, 0.25) is 0 Å². The molecule has 1 aliphatic carbocycles. The maximum Gasteiger partial charge on any atom is 0.150 e. The standard InChI is InChI=1S/C12H11F3/c13-9-6-7-10(14)12(15)11(9)8-4-2-1-3-5-8/h1-7,9-12H/t9-,10+,11?,12+/m0/s1. The van der Waals surface area contributed by atoms with Crippen LogP contribution in [-0.4, -0.2) is 18.5 Å². The molecule has 80 valence electrons. The van der Waals surface area contributed by atoms with Crippen LogP contribution in [0.4, 0.5) is 13.2 Å². The number of benzene rings is 1. The molecule has 0 saturated carbocycles. The van der Waals surface area contributed by atoms with Crippen molar-refractivity contribution in [3.05, 3.63) is 48.0 Å². The van der Waals surface area contributed by atoms with Crippen molar-refractivity contribution < 1.29 is 13.2 Å². The van der Waals surface area contributed by atoms with Gasteiger partial charge >= 0.3 is 0 Å². The second kappa shape index (κ2) is 4.09. The van der Waals surface area contributed by atoms with E-state index in [2.05, 4.69) is 0 Å². The van der Waals surface area contributed by atoms with E-state index < -0.39 is 24.4 Å². The molecule has 3 heteroatoms. The van der Waals surface area contributed by atoms with Crippen LogP contribution < -0.4 is 0 Å². The zero-order valence-electron chi connectivity index (χ0n) is 7.98. The highest BCUT2D eigenvalue weighted by molar-refractivity contribution is 5.27. The largest absolute Gasteiger partial charge is 0.243 e. The van der Waals surface area contributed by atoms with E-state index in [9.17, 15) is 13.2 Å². The molecule has 0 amide bonds. The first-order valence-electron chi connectivity index (χ1n) is 4.85. The number of hydrogen-bond donors (Lipinski definition) is 0. The highest BCUT2D eigenvalue weighted by Gasteiger charge is 2.37. The topological polar surface area (TPSA) is 0 Å². The van der Waals surface area contributed by atoms with E-state index >= 15 is 0 Å². The number of hydrogen-bond acceptors (Lipinski definition) is 0. The van der Waals surface area contributed by atoms with Crippen molar-refractivity contribution in [2.24, 2.45) is 0 Å². The quantitative estimate of drug-likeness (QED) is 0.626. The van der Waals surface area contributed by atoms with E-state index in [1.807, 2.05) is 0 Å². The minimum absolute atomic E-state index is 0.504. The molecule has 1 aromatic rings. The third-order valence-electron chi connectivity index (χ3n) is 2.65. The number of allylic oxidation sites excluding steroid dienone is 2. The minimum atomic E-state index is -1.80. The maximum absolute atomic E-state index is 13.5. The average Bonchev–Trinajstić information content (AvgIpc) is 2.26. The van der Waals surface area contributed by atoms with Crippen LogP contribution in [0.15, 0.2) is 42.5 Å². The molecule has 0 heterocycles. The van der Waals surface area contributed by atoms with Crippen LogP contribution in [0.25, 0.3) is 0 Å². The van der Waals surface area contributed by atoms with Gasteiger partial charge in [0.25, 0.3) is 0 Å². The van der Waals surface area contributed by atoms with Crippen molar-refractivity contribution in [3.63, 3.8) is 0 Å². The number of rotatable bonds is 1. The second-order valence-corrected chi connectivity index (χ2v) is 3.65. The summed E-state index contributed by atoms with van der Waals surface area (Å²) in [6.45, 7) is 0. The lowest BCUT2D eigenvalue weighted by molar-refractivity contribution is 0.125. The Morgan fingerprint density at radius 1 is 0.800 bits per heavy atom. The Morgan fingerprint density at radius 2 is 1.40 bits per heavy atom. The highest BCUT2D eigenvalue weighted by atomic mass is 19.2.